The van der Waals surface area contributed by atoms with Crippen molar-refractivity contribution in [3.8, 4) is 23.1 Å². The van der Waals surface area contributed by atoms with E-state index in [0.717, 1.165) is 41.0 Å². The fourth-order valence-corrected chi connectivity index (χ4v) is 4.81. The smallest absolute Gasteiger partial charge is 0.394 e. The van der Waals surface area contributed by atoms with Crippen molar-refractivity contribution in [1.29, 1.82) is 0 Å². The van der Waals surface area contributed by atoms with Crippen molar-refractivity contribution < 1.29 is 35.5 Å². The number of alkyl halides is 5. The van der Waals surface area contributed by atoms with Crippen LogP contribution in [0, 0.1) is 11.8 Å². The van der Waals surface area contributed by atoms with Crippen LogP contribution in [0.3, 0.4) is 0 Å². The molecular formula is C25H20F5N5O3S. The average Bonchev–Trinajstić information content (AvgIpc) is 3.29. The normalized spacial score (nSPS) is 12.5. The Morgan fingerprint density at radius 2 is 1.74 bits per heavy atom. The zero-order chi connectivity index (χ0) is 28.6. The minimum absolute atomic E-state index is 0.0168. The molecular weight excluding hydrogens is 545 g/mol. The largest absolute Gasteiger partial charge is 0.416 e. The van der Waals surface area contributed by atoms with Crippen LogP contribution in [0.1, 0.15) is 42.8 Å². The number of pyridine rings is 1. The Kier molecular flexibility index (Phi) is 7.44. The van der Waals surface area contributed by atoms with Gasteiger partial charge in [0.05, 0.1) is 23.4 Å². The lowest BCUT2D eigenvalue weighted by atomic mass is 10.1. The van der Waals surface area contributed by atoms with Gasteiger partial charge >= 0.3 is 6.18 Å². The van der Waals surface area contributed by atoms with Gasteiger partial charge in [0.1, 0.15) is 16.3 Å². The van der Waals surface area contributed by atoms with Gasteiger partial charge in [0.15, 0.2) is 5.65 Å². The molecule has 0 fully saturated rings. The molecule has 0 bridgehead atoms. The molecule has 4 rings (SSSR count). The minimum Gasteiger partial charge on any atom is -0.394 e. The zero-order valence-electron chi connectivity index (χ0n) is 20.3. The molecule has 1 aromatic carbocycles. The number of hydrogen-bond acceptors (Lipinski definition) is 6. The molecule has 3 heterocycles. The van der Waals surface area contributed by atoms with Crippen molar-refractivity contribution in [3.05, 3.63) is 77.4 Å². The van der Waals surface area contributed by atoms with E-state index in [9.17, 15) is 35.5 Å². The third kappa shape index (κ3) is 6.39. The topological polar surface area (TPSA) is 109 Å². The van der Waals surface area contributed by atoms with Crippen molar-refractivity contribution in [2.45, 2.75) is 36.9 Å². The standard InChI is InChI=1S/C25H20F5N5O3S/c1-24(2,14-36)34-39(37,38)19-9-15(12-31-13-19)3-8-18-10-22-32-20(11-21(23(26)27)35(22)33-18)16-4-6-17(7-5-16)25(28,29)30/h4-7,9-13,23,34,36H,14H2,1-2H3. The van der Waals surface area contributed by atoms with Crippen molar-refractivity contribution in [2.75, 3.05) is 6.61 Å². The number of aromatic nitrogens is 4. The number of aliphatic hydroxyl groups is 1. The molecule has 204 valence electrons. The number of hydrogen-bond donors (Lipinski definition) is 2. The molecule has 4 aromatic rings. The van der Waals surface area contributed by atoms with Gasteiger partial charge in [-0.1, -0.05) is 18.1 Å². The SMILES string of the molecule is CC(C)(CO)NS(=O)(=O)c1cncc(C#Cc2cc3nc(-c4ccc(C(F)(F)F)cc4)cc(C(F)F)n3n2)c1. The number of sulfonamides is 1. The van der Waals surface area contributed by atoms with Gasteiger partial charge in [0, 0.05) is 29.6 Å². The molecule has 39 heavy (non-hydrogen) atoms. The molecule has 0 unspecified atom stereocenters. The van der Waals surface area contributed by atoms with Crippen molar-refractivity contribution >= 4 is 15.7 Å². The quantitative estimate of drug-likeness (QED) is 0.268. The third-order valence-electron chi connectivity index (χ3n) is 5.35. The molecule has 0 atom stereocenters. The summed E-state index contributed by atoms with van der Waals surface area (Å²) in [5.74, 6) is 5.33. The summed E-state index contributed by atoms with van der Waals surface area (Å²) >= 11 is 0. The van der Waals surface area contributed by atoms with Crippen LogP contribution < -0.4 is 4.72 Å². The molecule has 0 saturated carbocycles. The second kappa shape index (κ2) is 10.3. The summed E-state index contributed by atoms with van der Waals surface area (Å²) in [5.41, 5.74) is -2.14. The van der Waals surface area contributed by atoms with E-state index < -0.39 is 46.0 Å². The fourth-order valence-electron chi connectivity index (χ4n) is 3.42. The van der Waals surface area contributed by atoms with Gasteiger partial charge in [-0.3, -0.25) is 4.98 Å². The Bertz CT molecular complexity index is 1690. The van der Waals surface area contributed by atoms with Crippen molar-refractivity contribution in [2.24, 2.45) is 0 Å². The number of aliphatic hydroxyl groups excluding tert-OH is 1. The van der Waals surface area contributed by atoms with E-state index in [2.05, 4.69) is 31.6 Å². The molecule has 2 N–H and O–H groups in total. The summed E-state index contributed by atoms with van der Waals surface area (Å²) in [5, 5.41) is 13.4. The van der Waals surface area contributed by atoms with E-state index in [1.165, 1.54) is 32.2 Å². The van der Waals surface area contributed by atoms with Gasteiger partial charge in [-0.05, 0) is 44.0 Å². The first-order valence-electron chi connectivity index (χ1n) is 11.2. The molecule has 0 saturated heterocycles. The second-order valence-electron chi connectivity index (χ2n) is 9.05. The van der Waals surface area contributed by atoms with Gasteiger partial charge in [-0.15, -0.1) is 0 Å². The molecule has 0 aliphatic rings. The maximum atomic E-state index is 13.8. The van der Waals surface area contributed by atoms with Crippen LogP contribution in [0.15, 0.2) is 59.8 Å². The average molecular weight is 566 g/mol. The Morgan fingerprint density at radius 3 is 2.36 bits per heavy atom. The van der Waals surface area contributed by atoms with Crippen LogP contribution in [-0.4, -0.2) is 45.3 Å². The lowest BCUT2D eigenvalue weighted by Gasteiger charge is -2.23. The molecule has 3 aromatic heterocycles. The lowest BCUT2D eigenvalue weighted by Crippen LogP contribution is -2.46. The van der Waals surface area contributed by atoms with Crippen LogP contribution in [0.25, 0.3) is 16.9 Å². The van der Waals surface area contributed by atoms with E-state index in [-0.39, 0.29) is 33.1 Å². The zero-order valence-corrected chi connectivity index (χ0v) is 21.1. The summed E-state index contributed by atoms with van der Waals surface area (Å²) in [6.45, 7) is 2.55. The number of benzene rings is 1. The molecule has 14 heteroatoms. The number of rotatable bonds is 6. The molecule has 0 spiro atoms. The van der Waals surface area contributed by atoms with Gasteiger partial charge in [0.25, 0.3) is 6.43 Å². The van der Waals surface area contributed by atoms with Crippen LogP contribution in [0.2, 0.25) is 0 Å². The van der Waals surface area contributed by atoms with E-state index in [4.69, 9.17) is 0 Å². The van der Waals surface area contributed by atoms with Crippen LogP contribution >= 0.6 is 0 Å². The van der Waals surface area contributed by atoms with Crippen molar-refractivity contribution in [3.63, 3.8) is 0 Å². The highest BCUT2D eigenvalue weighted by atomic mass is 32.2. The monoisotopic (exact) mass is 565 g/mol. The highest BCUT2D eigenvalue weighted by molar-refractivity contribution is 7.89. The lowest BCUT2D eigenvalue weighted by molar-refractivity contribution is -0.137. The van der Waals surface area contributed by atoms with E-state index >= 15 is 0 Å². The van der Waals surface area contributed by atoms with Crippen molar-refractivity contribution in [1.82, 2.24) is 24.3 Å². The first-order valence-corrected chi connectivity index (χ1v) is 12.7. The Balaban J connectivity index is 1.69. The van der Waals surface area contributed by atoms with E-state index in [1.807, 2.05) is 0 Å². The Labute approximate surface area is 219 Å². The molecule has 8 nitrogen and oxygen atoms in total. The Morgan fingerprint density at radius 1 is 1.05 bits per heavy atom. The van der Waals surface area contributed by atoms with Gasteiger partial charge < -0.3 is 5.11 Å². The predicted molar refractivity (Wildman–Crippen MR) is 130 cm³/mol. The first kappa shape index (κ1) is 28.1. The second-order valence-corrected chi connectivity index (χ2v) is 10.7. The highest BCUT2D eigenvalue weighted by Gasteiger charge is 2.30. The summed E-state index contributed by atoms with van der Waals surface area (Å²) in [4.78, 5) is 7.92. The molecule has 0 aliphatic carbocycles. The summed E-state index contributed by atoms with van der Waals surface area (Å²) in [6.07, 6.45) is -5.13. The summed E-state index contributed by atoms with van der Waals surface area (Å²) in [6, 6.07) is 7.53. The van der Waals surface area contributed by atoms with E-state index in [0.29, 0.717) is 0 Å². The fraction of sp³-hybridized carbons (Fsp3) is 0.240. The summed E-state index contributed by atoms with van der Waals surface area (Å²) < 4.78 is 94.7. The highest BCUT2D eigenvalue weighted by Crippen LogP contribution is 2.31. The van der Waals surface area contributed by atoms with Gasteiger partial charge in [-0.2, -0.15) is 18.3 Å². The first-order chi connectivity index (χ1) is 18.2. The number of halogens is 5. The maximum absolute atomic E-state index is 13.8. The van der Waals surface area contributed by atoms with Crippen LogP contribution in [0.4, 0.5) is 22.0 Å². The predicted octanol–water partition coefficient (Wildman–Crippen LogP) is 4.20. The molecule has 0 radical (unpaired) electrons. The third-order valence-corrected chi connectivity index (χ3v) is 7.02. The summed E-state index contributed by atoms with van der Waals surface area (Å²) in [7, 11) is -4.03. The molecule has 0 amide bonds. The molecule has 0 aliphatic heterocycles. The minimum atomic E-state index is -4.55. The van der Waals surface area contributed by atoms with Gasteiger partial charge in [0.2, 0.25) is 10.0 Å². The number of nitrogens with zero attached hydrogens (tertiary/aromatic N) is 4. The van der Waals surface area contributed by atoms with Gasteiger partial charge in [-0.25, -0.2) is 31.4 Å². The number of fused-ring (bicyclic) bond motifs is 1. The maximum Gasteiger partial charge on any atom is 0.416 e. The van der Waals surface area contributed by atoms with Crippen LogP contribution in [-0.2, 0) is 16.2 Å². The van der Waals surface area contributed by atoms with E-state index in [1.54, 1.807) is 0 Å². The van der Waals surface area contributed by atoms with Crippen LogP contribution in [0.5, 0.6) is 0 Å². The Hall–Kier alpha value is -3.93. The number of nitrogens with one attached hydrogen (secondary N) is 1.